The summed E-state index contributed by atoms with van der Waals surface area (Å²) in [5.41, 5.74) is 1.68. The second-order valence-electron chi connectivity index (χ2n) is 5.76. The predicted molar refractivity (Wildman–Crippen MR) is 70.8 cm³/mol. The molecule has 1 N–H and O–H groups in total. The van der Waals surface area contributed by atoms with Gasteiger partial charge in [0, 0.05) is 17.9 Å². The summed E-state index contributed by atoms with van der Waals surface area (Å²) < 4.78 is 0. The van der Waals surface area contributed by atoms with Gasteiger partial charge in [-0.05, 0) is 25.3 Å². The van der Waals surface area contributed by atoms with Gasteiger partial charge in [-0.25, -0.2) is 9.97 Å². The molecule has 0 bridgehead atoms. The topological polar surface area (TPSA) is 66.3 Å². The highest BCUT2D eigenvalue weighted by Crippen LogP contribution is 2.19. The van der Waals surface area contributed by atoms with Crippen molar-refractivity contribution in [2.45, 2.75) is 34.6 Å². The lowest BCUT2D eigenvalue weighted by Crippen LogP contribution is -2.38. The Bertz CT molecular complexity index is 418. The molecule has 1 aromatic rings. The van der Waals surface area contributed by atoms with Crippen LogP contribution in [0.1, 0.15) is 32.2 Å². The number of carbonyl (C=O) groups is 1. The number of anilines is 1. The second kappa shape index (κ2) is 5.33. The molecule has 0 atom stereocenters. The van der Waals surface area contributed by atoms with Gasteiger partial charge in [0.1, 0.15) is 6.54 Å². The highest BCUT2D eigenvalue weighted by Gasteiger charge is 2.21. The van der Waals surface area contributed by atoms with Gasteiger partial charge in [0.05, 0.1) is 0 Å². The Morgan fingerprint density at radius 3 is 2.17 bits per heavy atom. The van der Waals surface area contributed by atoms with E-state index in [2.05, 4.69) is 30.7 Å². The van der Waals surface area contributed by atoms with Crippen LogP contribution in [0.25, 0.3) is 0 Å². The molecule has 0 aliphatic heterocycles. The van der Waals surface area contributed by atoms with Crippen molar-refractivity contribution < 1.29 is 9.90 Å². The second-order valence-corrected chi connectivity index (χ2v) is 5.76. The third kappa shape index (κ3) is 4.69. The van der Waals surface area contributed by atoms with Crippen molar-refractivity contribution in [1.29, 1.82) is 0 Å². The van der Waals surface area contributed by atoms with E-state index in [-0.39, 0.29) is 12.0 Å². The van der Waals surface area contributed by atoms with E-state index in [1.807, 2.05) is 19.9 Å². The van der Waals surface area contributed by atoms with Crippen molar-refractivity contribution in [2.24, 2.45) is 5.41 Å². The average molecular weight is 251 g/mol. The molecule has 0 unspecified atom stereocenters. The molecule has 18 heavy (non-hydrogen) atoms. The first kappa shape index (κ1) is 14.4. The summed E-state index contributed by atoms with van der Waals surface area (Å²) in [7, 11) is 0. The monoisotopic (exact) mass is 251 g/mol. The number of carboxylic acid groups (broad SMARTS) is 1. The van der Waals surface area contributed by atoms with Crippen LogP contribution >= 0.6 is 0 Å². The SMILES string of the molecule is Cc1cc(C)nc(N(CC(=O)O)CC(C)(C)C)n1. The lowest BCUT2D eigenvalue weighted by atomic mass is 9.96. The van der Waals surface area contributed by atoms with Crippen molar-refractivity contribution in [3.8, 4) is 0 Å². The minimum absolute atomic E-state index is 0.0174. The minimum Gasteiger partial charge on any atom is -0.480 e. The first-order chi connectivity index (χ1) is 8.17. The molecule has 1 rings (SSSR count). The molecule has 1 heterocycles. The molecule has 0 aromatic carbocycles. The summed E-state index contributed by atoms with van der Waals surface area (Å²) in [6.45, 7) is 10.5. The summed E-state index contributed by atoms with van der Waals surface area (Å²) in [5.74, 6) is -0.383. The lowest BCUT2D eigenvalue weighted by Gasteiger charge is -2.29. The van der Waals surface area contributed by atoms with Crippen LogP contribution in [0.4, 0.5) is 5.95 Å². The molecule has 1 aromatic heterocycles. The first-order valence-corrected chi connectivity index (χ1v) is 5.96. The van der Waals surface area contributed by atoms with E-state index >= 15 is 0 Å². The molecule has 0 saturated carbocycles. The maximum absolute atomic E-state index is 10.9. The van der Waals surface area contributed by atoms with Crippen LogP contribution in [0.15, 0.2) is 6.07 Å². The van der Waals surface area contributed by atoms with E-state index in [9.17, 15) is 4.79 Å². The molecule has 0 saturated heterocycles. The van der Waals surface area contributed by atoms with Gasteiger partial charge >= 0.3 is 5.97 Å². The van der Waals surface area contributed by atoms with Gasteiger partial charge in [-0.1, -0.05) is 20.8 Å². The summed E-state index contributed by atoms with van der Waals surface area (Å²) in [6, 6.07) is 1.87. The Morgan fingerprint density at radius 1 is 1.28 bits per heavy atom. The first-order valence-electron chi connectivity index (χ1n) is 5.96. The fourth-order valence-corrected chi connectivity index (χ4v) is 1.78. The molecule has 5 heteroatoms. The van der Waals surface area contributed by atoms with E-state index in [0.717, 1.165) is 11.4 Å². The van der Waals surface area contributed by atoms with Crippen molar-refractivity contribution in [3.63, 3.8) is 0 Å². The standard InChI is InChI=1S/C13H21N3O2/c1-9-6-10(2)15-12(14-9)16(7-11(17)18)8-13(3,4)5/h6H,7-8H2,1-5H3,(H,17,18). The number of aliphatic carboxylic acids is 1. The number of nitrogens with zero attached hydrogens (tertiary/aromatic N) is 3. The van der Waals surface area contributed by atoms with Crippen molar-refractivity contribution in [3.05, 3.63) is 17.5 Å². The molecule has 0 spiro atoms. The fraction of sp³-hybridized carbons (Fsp3) is 0.615. The molecule has 5 nitrogen and oxygen atoms in total. The van der Waals surface area contributed by atoms with Gasteiger partial charge in [0.25, 0.3) is 0 Å². The molecule has 0 aliphatic rings. The molecule has 100 valence electrons. The largest absolute Gasteiger partial charge is 0.480 e. The third-order valence-electron chi connectivity index (χ3n) is 2.24. The van der Waals surface area contributed by atoms with Gasteiger partial charge < -0.3 is 10.0 Å². The maximum atomic E-state index is 10.9. The molecule has 0 amide bonds. The Balaban J connectivity index is 3.04. The van der Waals surface area contributed by atoms with Crippen molar-refractivity contribution in [1.82, 2.24) is 9.97 Å². The van der Waals surface area contributed by atoms with Crippen LogP contribution < -0.4 is 4.90 Å². The predicted octanol–water partition coefficient (Wildman–Crippen LogP) is 2.03. The summed E-state index contributed by atoms with van der Waals surface area (Å²) in [4.78, 5) is 21.3. The Morgan fingerprint density at radius 2 is 1.78 bits per heavy atom. The third-order valence-corrected chi connectivity index (χ3v) is 2.24. The average Bonchev–Trinajstić information content (AvgIpc) is 2.11. The van der Waals surface area contributed by atoms with E-state index in [4.69, 9.17) is 5.11 Å². The van der Waals surface area contributed by atoms with Gasteiger partial charge in [-0.2, -0.15) is 0 Å². The number of aromatic nitrogens is 2. The normalized spacial score (nSPS) is 11.4. The maximum Gasteiger partial charge on any atom is 0.323 e. The van der Waals surface area contributed by atoms with E-state index < -0.39 is 5.97 Å². The van der Waals surface area contributed by atoms with Crippen LogP contribution in [-0.2, 0) is 4.79 Å². The van der Waals surface area contributed by atoms with Gasteiger partial charge in [-0.3, -0.25) is 4.79 Å². The fourth-order valence-electron chi connectivity index (χ4n) is 1.78. The van der Waals surface area contributed by atoms with Crippen LogP contribution in [0.2, 0.25) is 0 Å². The van der Waals surface area contributed by atoms with E-state index in [0.29, 0.717) is 12.5 Å². The number of rotatable bonds is 4. The van der Waals surface area contributed by atoms with Crippen molar-refractivity contribution in [2.75, 3.05) is 18.0 Å². The van der Waals surface area contributed by atoms with E-state index in [1.54, 1.807) is 4.90 Å². The highest BCUT2D eigenvalue weighted by atomic mass is 16.4. The van der Waals surface area contributed by atoms with Crippen LogP contribution in [0, 0.1) is 19.3 Å². The Kier molecular flexibility index (Phi) is 4.27. The summed E-state index contributed by atoms with van der Waals surface area (Å²) in [5, 5.41) is 8.98. The van der Waals surface area contributed by atoms with Crippen molar-refractivity contribution >= 4 is 11.9 Å². The lowest BCUT2D eigenvalue weighted by molar-refractivity contribution is -0.135. The Labute approximate surface area is 108 Å². The zero-order valence-electron chi connectivity index (χ0n) is 11.7. The van der Waals surface area contributed by atoms with Crippen LogP contribution in [-0.4, -0.2) is 34.1 Å². The highest BCUT2D eigenvalue weighted by molar-refractivity contribution is 5.72. The van der Waals surface area contributed by atoms with Gasteiger partial charge in [0.2, 0.25) is 5.95 Å². The molecular weight excluding hydrogens is 230 g/mol. The van der Waals surface area contributed by atoms with Gasteiger partial charge in [-0.15, -0.1) is 0 Å². The zero-order valence-corrected chi connectivity index (χ0v) is 11.7. The number of carboxylic acids is 1. The quantitative estimate of drug-likeness (QED) is 0.887. The molecular formula is C13H21N3O2. The van der Waals surface area contributed by atoms with E-state index in [1.165, 1.54) is 0 Å². The molecule has 0 aliphatic carbocycles. The molecule has 0 fully saturated rings. The number of aryl methyl sites for hydroxylation is 2. The Hall–Kier alpha value is -1.65. The van der Waals surface area contributed by atoms with Gasteiger partial charge in [0.15, 0.2) is 0 Å². The van der Waals surface area contributed by atoms with Crippen LogP contribution in [0.3, 0.4) is 0 Å². The summed E-state index contributed by atoms with van der Waals surface area (Å²) in [6.07, 6.45) is 0. The minimum atomic E-state index is -0.873. The molecule has 0 radical (unpaired) electrons. The number of hydrogen-bond acceptors (Lipinski definition) is 4. The zero-order chi connectivity index (χ0) is 13.9. The number of hydrogen-bond donors (Lipinski definition) is 1. The smallest absolute Gasteiger partial charge is 0.323 e. The van der Waals surface area contributed by atoms with Crippen LogP contribution in [0.5, 0.6) is 0 Å². The summed E-state index contributed by atoms with van der Waals surface area (Å²) >= 11 is 0.